The fraction of sp³-hybridized carbons (Fsp3) is 0.154. The number of carboxylic acid groups (broad SMARTS) is 2. The lowest BCUT2D eigenvalue weighted by Crippen LogP contribution is -2.21. The molecule has 0 bridgehead atoms. The fourth-order valence-corrected chi connectivity index (χ4v) is 1.02. The molecular weight excluding hydrogens is 348 g/mol. The number of fused-ring (bicyclic) bond motifs is 1. The maximum atomic E-state index is 10.6. The van der Waals surface area contributed by atoms with Gasteiger partial charge in [0.15, 0.2) is 0 Å². The zero-order chi connectivity index (χ0) is 19.0. The Bertz CT molecular complexity index is 594. The quantitative estimate of drug-likeness (QED) is 0.705. The number of hydrogen-bond acceptors (Lipinski definition) is 3. The van der Waals surface area contributed by atoms with Crippen LogP contribution < -0.4 is 0 Å². The van der Waals surface area contributed by atoms with Gasteiger partial charge < -0.3 is 10.2 Å². The lowest BCUT2D eigenvalue weighted by molar-refractivity contribution is -0.193. The normalized spacial score (nSPS) is 10.8. The first-order valence-electron chi connectivity index (χ1n) is 5.75. The van der Waals surface area contributed by atoms with E-state index < -0.39 is 24.3 Å². The molecule has 2 rings (SSSR count). The lowest BCUT2D eigenvalue weighted by Gasteiger charge is -1.93. The van der Waals surface area contributed by atoms with Crippen LogP contribution in [-0.2, 0) is 9.59 Å². The highest BCUT2D eigenvalue weighted by molar-refractivity contribution is 5.77. The molecule has 0 aliphatic carbocycles. The van der Waals surface area contributed by atoms with Crippen molar-refractivity contribution in [2.45, 2.75) is 12.4 Å². The number of carboxylic acids is 2. The second-order valence-electron chi connectivity index (χ2n) is 3.80. The molecule has 0 aliphatic heterocycles. The van der Waals surface area contributed by atoms with Crippen LogP contribution in [0, 0.1) is 0 Å². The number of carbonyl (C=O) groups is 2. The predicted molar refractivity (Wildman–Crippen MR) is 69.1 cm³/mol. The zero-order valence-electron chi connectivity index (χ0n) is 11.5. The summed E-state index contributed by atoms with van der Waals surface area (Å²) in [6.07, 6.45) is -8.36. The maximum Gasteiger partial charge on any atom is 0.490 e. The van der Waals surface area contributed by atoms with Gasteiger partial charge in [0.2, 0.25) is 0 Å². The summed E-state index contributed by atoms with van der Waals surface area (Å²) in [7, 11) is 0. The number of nitrogens with zero attached hydrogens (tertiary/aromatic N) is 1. The SMILES string of the molecule is O=C(O)C(F)(F)F.O=C(O)C(F)(F)F.c1ccc2ncccc2c1. The number of aromatic nitrogens is 1. The summed E-state index contributed by atoms with van der Waals surface area (Å²) >= 11 is 0. The van der Waals surface area contributed by atoms with E-state index in [4.69, 9.17) is 19.8 Å². The molecule has 2 aromatic rings. The van der Waals surface area contributed by atoms with Crippen LogP contribution >= 0.6 is 0 Å². The van der Waals surface area contributed by atoms with E-state index in [9.17, 15) is 26.3 Å². The molecule has 0 radical (unpaired) electrons. The Morgan fingerprint density at radius 3 is 1.54 bits per heavy atom. The molecule has 1 aromatic carbocycles. The Balaban J connectivity index is 0.000000343. The number of alkyl halides is 6. The molecule has 0 saturated heterocycles. The molecule has 0 fully saturated rings. The Hall–Kier alpha value is -2.85. The van der Waals surface area contributed by atoms with Crippen molar-refractivity contribution >= 4 is 22.8 Å². The van der Waals surface area contributed by atoms with Crippen molar-refractivity contribution in [3.63, 3.8) is 0 Å². The fourth-order valence-electron chi connectivity index (χ4n) is 1.02. The number of aliphatic carboxylic acids is 2. The predicted octanol–water partition coefficient (Wildman–Crippen LogP) is 3.50. The van der Waals surface area contributed by atoms with Gasteiger partial charge in [0, 0.05) is 11.6 Å². The van der Waals surface area contributed by atoms with Crippen molar-refractivity contribution in [2.75, 3.05) is 0 Å². The van der Waals surface area contributed by atoms with E-state index in [0.717, 1.165) is 5.52 Å². The van der Waals surface area contributed by atoms with Crippen LogP contribution in [0.3, 0.4) is 0 Å². The summed E-state index contributed by atoms with van der Waals surface area (Å²) in [5, 5.41) is 15.4. The summed E-state index contributed by atoms with van der Waals surface area (Å²) in [4.78, 5) is 22.0. The first-order chi connectivity index (χ1) is 10.9. The van der Waals surface area contributed by atoms with Crippen molar-refractivity contribution in [3.05, 3.63) is 42.6 Å². The first kappa shape index (κ1) is 21.1. The number of rotatable bonds is 0. The Kier molecular flexibility index (Phi) is 7.66. The summed E-state index contributed by atoms with van der Waals surface area (Å²) in [5.74, 6) is -5.51. The molecule has 24 heavy (non-hydrogen) atoms. The van der Waals surface area contributed by atoms with E-state index in [0.29, 0.717) is 0 Å². The molecule has 0 saturated carbocycles. The molecular formula is C13H9F6NO4. The Labute approximate surface area is 130 Å². The average Bonchev–Trinajstić information content (AvgIpc) is 2.46. The molecule has 132 valence electrons. The Morgan fingerprint density at radius 1 is 0.792 bits per heavy atom. The van der Waals surface area contributed by atoms with E-state index in [1.165, 1.54) is 5.39 Å². The number of para-hydroxylation sites is 1. The number of benzene rings is 1. The van der Waals surface area contributed by atoms with Crippen LogP contribution in [0.15, 0.2) is 42.6 Å². The van der Waals surface area contributed by atoms with E-state index in [1.807, 2.05) is 30.5 Å². The van der Waals surface area contributed by atoms with Crippen molar-refractivity contribution in [1.82, 2.24) is 4.98 Å². The second kappa shape index (κ2) is 8.70. The van der Waals surface area contributed by atoms with Gasteiger partial charge in [-0.2, -0.15) is 26.3 Å². The van der Waals surface area contributed by atoms with Crippen molar-refractivity contribution in [1.29, 1.82) is 0 Å². The van der Waals surface area contributed by atoms with Gasteiger partial charge in [-0.25, -0.2) is 9.59 Å². The molecule has 1 heterocycles. The van der Waals surface area contributed by atoms with E-state index in [-0.39, 0.29) is 0 Å². The van der Waals surface area contributed by atoms with E-state index in [2.05, 4.69) is 17.1 Å². The zero-order valence-corrected chi connectivity index (χ0v) is 11.5. The molecule has 11 heteroatoms. The summed E-state index contributed by atoms with van der Waals surface area (Å²) in [6.45, 7) is 0. The highest BCUT2D eigenvalue weighted by Crippen LogP contribution is 2.13. The van der Waals surface area contributed by atoms with Crippen LogP contribution in [0.4, 0.5) is 26.3 Å². The molecule has 0 amide bonds. The molecule has 0 aliphatic rings. The van der Waals surface area contributed by atoms with Gasteiger partial charge in [0.05, 0.1) is 5.52 Å². The summed E-state index contributed by atoms with van der Waals surface area (Å²) < 4.78 is 63.5. The van der Waals surface area contributed by atoms with Gasteiger partial charge in [0.1, 0.15) is 0 Å². The minimum Gasteiger partial charge on any atom is -0.475 e. The summed E-state index contributed by atoms with van der Waals surface area (Å²) in [5.41, 5.74) is 1.06. The lowest BCUT2D eigenvalue weighted by atomic mass is 10.2. The number of pyridine rings is 1. The Morgan fingerprint density at radius 2 is 1.17 bits per heavy atom. The molecule has 0 unspecified atom stereocenters. The molecule has 1 aromatic heterocycles. The largest absolute Gasteiger partial charge is 0.490 e. The van der Waals surface area contributed by atoms with Crippen molar-refractivity contribution in [3.8, 4) is 0 Å². The maximum absolute atomic E-state index is 10.6. The average molecular weight is 357 g/mol. The van der Waals surface area contributed by atoms with Gasteiger partial charge in [-0.05, 0) is 12.1 Å². The monoisotopic (exact) mass is 357 g/mol. The number of hydrogen-bond donors (Lipinski definition) is 2. The molecule has 0 atom stereocenters. The van der Waals surface area contributed by atoms with Crippen LogP contribution in [0.2, 0.25) is 0 Å². The minimum absolute atomic E-state index is 1.06. The topological polar surface area (TPSA) is 87.5 Å². The van der Waals surface area contributed by atoms with Gasteiger partial charge >= 0.3 is 24.3 Å². The second-order valence-corrected chi connectivity index (χ2v) is 3.80. The van der Waals surface area contributed by atoms with Crippen LogP contribution in [0.1, 0.15) is 0 Å². The number of halogens is 6. The van der Waals surface area contributed by atoms with Gasteiger partial charge in [-0.15, -0.1) is 0 Å². The van der Waals surface area contributed by atoms with Gasteiger partial charge in [0.25, 0.3) is 0 Å². The third kappa shape index (κ3) is 8.56. The van der Waals surface area contributed by atoms with E-state index in [1.54, 1.807) is 0 Å². The third-order valence-electron chi connectivity index (χ3n) is 2.00. The van der Waals surface area contributed by atoms with Crippen LogP contribution in [0.5, 0.6) is 0 Å². The van der Waals surface area contributed by atoms with Crippen molar-refractivity contribution < 1.29 is 46.1 Å². The van der Waals surface area contributed by atoms with Crippen molar-refractivity contribution in [2.24, 2.45) is 0 Å². The summed E-state index contributed by atoms with van der Waals surface area (Å²) in [6, 6.07) is 12.1. The van der Waals surface area contributed by atoms with Crippen LogP contribution in [-0.4, -0.2) is 39.5 Å². The highest BCUT2D eigenvalue weighted by atomic mass is 19.4. The van der Waals surface area contributed by atoms with Crippen LogP contribution in [0.25, 0.3) is 10.9 Å². The molecule has 0 spiro atoms. The van der Waals surface area contributed by atoms with E-state index >= 15 is 0 Å². The minimum atomic E-state index is -5.08. The highest BCUT2D eigenvalue weighted by Gasteiger charge is 2.38. The smallest absolute Gasteiger partial charge is 0.475 e. The first-order valence-corrected chi connectivity index (χ1v) is 5.75. The van der Waals surface area contributed by atoms with Gasteiger partial charge in [-0.3, -0.25) is 4.98 Å². The molecule has 5 nitrogen and oxygen atoms in total. The standard InChI is InChI=1S/C9H7N.2C2HF3O2/c1-2-6-9-8(4-1)5-3-7-10-9;2*3-2(4,5)1(6)7/h1-7H;2*(H,6,7). The van der Waals surface area contributed by atoms with Gasteiger partial charge in [-0.1, -0.05) is 24.3 Å². The third-order valence-corrected chi connectivity index (χ3v) is 2.00. The molecule has 2 N–H and O–H groups in total.